The molecule has 0 fully saturated rings. The molecule has 73 heavy (non-hydrogen) atoms. The van der Waals surface area contributed by atoms with Gasteiger partial charge in [0.15, 0.2) is 0 Å². The van der Waals surface area contributed by atoms with Gasteiger partial charge in [-0.25, -0.2) is 0 Å². The first kappa shape index (κ1) is 52.3. The van der Waals surface area contributed by atoms with Crippen molar-refractivity contribution in [2.24, 2.45) is 0 Å². The number of rotatable bonds is 11. The summed E-state index contributed by atoms with van der Waals surface area (Å²) < 4.78 is 6.12. The molecular weight excluding hydrogens is 908 g/mol. The van der Waals surface area contributed by atoms with Gasteiger partial charge in [0.2, 0.25) is 0 Å². The van der Waals surface area contributed by atoms with Crippen LogP contribution < -0.4 is 51.4 Å². The number of para-hydroxylation sites is 1. The minimum absolute atomic E-state index is 0. The molecule has 350 valence electrons. The van der Waals surface area contributed by atoms with Crippen LogP contribution in [-0.2, 0) is 11.8 Å². The first-order valence-electron chi connectivity index (χ1n) is 25.0. The fourth-order valence-corrected chi connectivity index (χ4v) is 10.4. The van der Waals surface area contributed by atoms with Crippen molar-refractivity contribution in [1.29, 1.82) is 0 Å². The second-order valence-electron chi connectivity index (χ2n) is 17.9. The number of terminal acetylenes is 1. The molecule has 0 radical (unpaired) electrons. The topological polar surface area (TPSA) is 13.1 Å². The van der Waals surface area contributed by atoms with Gasteiger partial charge in [-0.05, 0) is 112 Å². The van der Waals surface area contributed by atoms with Gasteiger partial charge >= 0.3 is 51.4 Å². The molecule has 8 aromatic rings. The smallest absolute Gasteiger partial charge is 0.460 e. The van der Waals surface area contributed by atoms with Gasteiger partial charge in [0, 0.05) is 22.9 Å². The van der Waals surface area contributed by atoms with E-state index in [0.717, 1.165) is 49.0 Å². The predicted octanol–water partition coefficient (Wildman–Crippen LogP) is 16.0. The summed E-state index contributed by atoms with van der Waals surface area (Å²) in [5.74, 6) is 3.75. The SMILES string of the molecule is C#C/C=C\C=C(/C=C)C1(C(/C=C\CC=C)=C/C)C2=C(C=CCC2)c2cc(-c3ccc(-c4ccccc4)cc3)ccc21.C1=Cc2c(oc3c(-c4ccccc4)cccc23)CC1.[K+].[c-]1ccc(-c2ccccc2)cc1. The molecule has 1 heterocycles. The number of hydrogen-bond donors (Lipinski definition) is 0. The fourth-order valence-electron chi connectivity index (χ4n) is 10.4. The van der Waals surface area contributed by atoms with E-state index in [0.29, 0.717) is 0 Å². The molecule has 0 spiro atoms. The van der Waals surface area contributed by atoms with E-state index >= 15 is 0 Å². The van der Waals surface area contributed by atoms with Gasteiger partial charge in [-0.1, -0.05) is 225 Å². The number of furan rings is 1. The third-order valence-corrected chi connectivity index (χ3v) is 13.7. The van der Waals surface area contributed by atoms with Crippen molar-refractivity contribution in [3.63, 3.8) is 0 Å². The minimum atomic E-state index is -0.446. The molecule has 1 aromatic heterocycles. The van der Waals surface area contributed by atoms with Gasteiger partial charge < -0.3 is 4.42 Å². The Morgan fingerprint density at radius 3 is 1.90 bits per heavy atom. The zero-order valence-electron chi connectivity index (χ0n) is 42.1. The van der Waals surface area contributed by atoms with Crippen molar-refractivity contribution >= 4 is 22.6 Å². The van der Waals surface area contributed by atoms with Gasteiger partial charge in [0.1, 0.15) is 11.3 Å². The van der Waals surface area contributed by atoms with Crippen LogP contribution in [0.1, 0.15) is 55.1 Å². The first-order chi connectivity index (χ1) is 35.6. The quantitative estimate of drug-likeness (QED) is 0.0414. The van der Waals surface area contributed by atoms with Gasteiger partial charge in [-0.2, -0.15) is 30.3 Å². The van der Waals surface area contributed by atoms with Gasteiger partial charge in [-0.3, -0.25) is 0 Å². The fraction of sp³-hybridized carbons (Fsp3) is 0.0986. The van der Waals surface area contributed by atoms with Crippen LogP contribution in [0.25, 0.3) is 67.1 Å². The Labute approximate surface area is 476 Å². The summed E-state index contributed by atoms with van der Waals surface area (Å²) in [5, 5.41) is 1.23. The summed E-state index contributed by atoms with van der Waals surface area (Å²) in [6, 6.07) is 64.6. The van der Waals surface area contributed by atoms with E-state index in [4.69, 9.17) is 10.8 Å². The number of aryl methyl sites for hydroxylation is 1. The Morgan fingerprint density at radius 1 is 0.658 bits per heavy atom. The van der Waals surface area contributed by atoms with Crippen LogP contribution in [0, 0.1) is 18.4 Å². The standard InChI is InChI=1S/C41H36.C18H14O.C12H9.K/c1-5-9-12-20-35(7-3)41(36(8-4)21-13-10-6-2)39-23-17-16-22-37(39)38-30-34(28-29-40(38)41)33-26-24-32(25-27-33)31-18-14-11-15-19-31;1-2-7-13(8-3-1)14-10-6-11-16-15-9-4-5-12-17(15)19-18(14)16;1-3-7-11(8-4-1)12-9-5-2-6-10-12;/h1,6-9,11-16,18-22,24-30H,2-3,10,17,23H2,4H3;1-4,6-11H,5,12H2;1,3-10H;/q;;-1;+1/b12-9-,21-13-,35-20+,36-8+;;;. The third-order valence-electron chi connectivity index (χ3n) is 13.7. The summed E-state index contributed by atoms with van der Waals surface area (Å²) in [6.45, 7) is 10.3. The van der Waals surface area contributed by atoms with Crippen LogP contribution in [0.2, 0.25) is 0 Å². The molecule has 11 rings (SSSR count). The Kier molecular flexibility index (Phi) is 18.3. The van der Waals surface area contributed by atoms with E-state index in [1.165, 1.54) is 83.3 Å². The molecule has 1 unspecified atom stereocenters. The third kappa shape index (κ3) is 11.4. The molecule has 0 N–H and O–H groups in total. The van der Waals surface area contributed by atoms with E-state index in [9.17, 15) is 0 Å². The largest absolute Gasteiger partial charge is 1.00 e. The maximum absolute atomic E-state index is 6.12. The second kappa shape index (κ2) is 25.5. The maximum Gasteiger partial charge on any atom is 1.00 e. The zero-order valence-corrected chi connectivity index (χ0v) is 45.2. The molecule has 7 aromatic carbocycles. The molecule has 3 aliphatic rings. The van der Waals surface area contributed by atoms with Crippen LogP contribution >= 0.6 is 0 Å². The molecule has 0 amide bonds. The maximum atomic E-state index is 6.12. The Morgan fingerprint density at radius 2 is 1.26 bits per heavy atom. The molecule has 0 aliphatic heterocycles. The summed E-state index contributed by atoms with van der Waals surface area (Å²) in [4.78, 5) is 0. The molecule has 2 heteroatoms. The summed E-state index contributed by atoms with van der Waals surface area (Å²) in [5.41, 5.74) is 19.3. The van der Waals surface area contributed by atoms with Crippen LogP contribution in [-0.4, -0.2) is 0 Å². The molecule has 0 saturated carbocycles. The summed E-state index contributed by atoms with van der Waals surface area (Å²) in [6.07, 6.45) is 36.0. The second-order valence-corrected chi connectivity index (χ2v) is 17.9. The van der Waals surface area contributed by atoms with Gasteiger partial charge in [0.05, 0.1) is 5.41 Å². The minimum Gasteiger partial charge on any atom is -0.460 e. The van der Waals surface area contributed by atoms with Crippen LogP contribution in [0.5, 0.6) is 0 Å². The van der Waals surface area contributed by atoms with Crippen molar-refractivity contribution in [2.75, 3.05) is 0 Å². The number of benzene rings is 7. The normalized spacial score (nSPS) is 15.5. The van der Waals surface area contributed by atoms with Crippen molar-refractivity contribution in [3.8, 4) is 56.9 Å². The number of hydrogen-bond acceptors (Lipinski definition) is 1. The van der Waals surface area contributed by atoms with E-state index < -0.39 is 5.41 Å². The van der Waals surface area contributed by atoms with Gasteiger partial charge in [-0.15, -0.1) is 18.6 Å². The van der Waals surface area contributed by atoms with Crippen LogP contribution in [0.15, 0.2) is 277 Å². The first-order valence-corrected chi connectivity index (χ1v) is 25.0. The summed E-state index contributed by atoms with van der Waals surface area (Å²) >= 11 is 0. The molecule has 3 aliphatic carbocycles. The van der Waals surface area contributed by atoms with Crippen molar-refractivity contribution in [2.45, 2.75) is 44.4 Å². The molecule has 0 bridgehead atoms. The van der Waals surface area contributed by atoms with E-state index in [1.807, 2.05) is 54.6 Å². The molecular formula is C71H59KO. The van der Waals surface area contributed by atoms with E-state index in [2.05, 4.69) is 220 Å². The molecule has 0 saturated heterocycles. The van der Waals surface area contributed by atoms with Crippen molar-refractivity contribution in [3.05, 3.63) is 301 Å². The number of fused-ring (bicyclic) bond motifs is 5. The van der Waals surface area contributed by atoms with E-state index in [1.54, 1.807) is 6.08 Å². The van der Waals surface area contributed by atoms with Crippen molar-refractivity contribution in [1.82, 2.24) is 0 Å². The summed E-state index contributed by atoms with van der Waals surface area (Å²) in [7, 11) is 0. The number of allylic oxidation sites excluding steroid dienone is 15. The Balaban J connectivity index is 0.000000180. The predicted molar refractivity (Wildman–Crippen MR) is 308 cm³/mol. The zero-order chi connectivity index (χ0) is 49.5. The Hall–Kier alpha value is -7.06. The molecule has 1 nitrogen and oxygen atoms in total. The van der Waals surface area contributed by atoms with Crippen LogP contribution in [0.4, 0.5) is 0 Å². The van der Waals surface area contributed by atoms with Crippen molar-refractivity contribution < 1.29 is 55.8 Å². The van der Waals surface area contributed by atoms with E-state index in [-0.39, 0.29) is 51.4 Å². The monoisotopic (exact) mass is 966 g/mol. The Bertz CT molecular complexity index is 3400. The average molecular weight is 967 g/mol. The van der Waals surface area contributed by atoms with Crippen LogP contribution in [0.3, 0.4) is 0 Å². The van der Waals surface area contributed by atoms with Gasteiger partial charge in [0.25, 0.3) is 0 Å². The molecule has 1 atom stereocenters. The average Bonchev–Trinajstić information content (AvgIpc) is 3.98.